The summed E-state index contributed by atoms with van der Waals surface area (Å²) in [7, 11) is 0. The summed E-state index contributed by atoms with van der Waals surface area (Å²) in [5.74, 6) is -0.861. The van der Waals surface area contributed by atoms with Crippen molar-refractivity contribution in [3.8, 4) is 0 Å². The van der Waals surface area contributed by atoms with E-state index >= 15 is 0 Å². The molecule has 0 radical (unpaired) electrons. The highest BCUT2D eigenvalue weighted by atomic mass is 32.1. The fraction of sp³-hybridized carbons (Fsp3) is 0.227. The van der Waals surface area contributed by atoms with Crippen molar-refractivity contribution >= 4 is 17.2 Å². The number of carbonyl (C=O) groups is 1. The van der Waals surface area contributed by atoms with Crippen LogP contribution >= 0.6 is 11.3 Å². The van der Waals surface area contributed by atoms with Gasteiger partial charge in [-0.2, -0.15) is 11.3 Å². The second-order valence-electron chi connectivity index (χ2n) is 6.75. The van der Waals surface area contributed by atoms with E-state index in [1.807, 2.05) is 0 Å². The largest absolute Gasteiger partial charge is 0.350 e. The Balaban J connectivity index is 1.51. The van der Waals surface area contributed by atoms with Crippen molar-refractivity contribution in [3.63, 3.8) is 0 Å². The molecule has 0 aliphatic carbocycles. The van der Waals surface area contributed by atoms with E-state index < -0.39 is 5.82 Å². The molecule has 0 saturated carbocycles. The molecular formula is C22H21FN2OS. The van der Waals surface area contributed by atoms with Crippen LogP contribution in [0.1, 0.15) is 33.1 Å². The van der Waals surface area contributed by atoms with Crippen LogP contribution in [0.25, 0.3) is 0 Å². The van der Waals surface area contributed by atoms with Crippen molar-refractivity contribution in [1.82, 2.24) is 10.2 Å². The number of amides is 1. The second-order valence-corrected chi connectivity index (χ2v) is 7.53. The molecule has 0 bridgehead atoms. The van der Waals surface area contributed by atoms with Crippen molar-refractivity contribution in [2.24, 2.45) is 0 Å². The number of halogens is 1. The third kappa shape index (κ3) is 3.94. The summed E-state index contributed by atoms with van der Waals surface area (Å²) < 4.78 is 13.9. The van der Waals surface area contributed by atoms with E-state index in [0.29, 0.717) is 6.54 Å². The monoisotopic (exact) mass is 380 g/mol. The van der Waals surface area contributed by atoms with Crippen molar-refractivity contribution in [1.29, 1.82) is 0 Å². The normalized spacial score (nSPS) is 15.1. The number of hydrogen-bond acceptors (Lipinski definition) is 3. The molecule has 1 aliphatic heterocycles. The molecule has 1 amide bonds. The van der Waals surface area contributed by atoms with Crippen LogP contribution in [0.4, 0.5) is 4.39 Å². The van der Waals surface area contributed by atoms with Gasteiger partial charge in [0, 0.05) is 19.6 Å². The summed E-state index contributed by atoms with van der Waals surface area (Å²) in [5, 5.41) is 7.11. The molecule has 2 aromatic carbocycles. The Morgan fingerprint density at radius 1 is 1.11 bits per heavy atom. The molecule has 1 atom stereocenters. The lowest BCUT2D eigenvalue weighted by Gasteiger charge is -2.35. The molecule has 5 heteroatoms. The molecule has 0 fully saturated rings. The number of benzene rings is 2. The van der Waals surface area contributed by atoms with E-state index in [9.17, 15) is 9.18 Å². The molecule has 0 saturated heterocycles. The van der Waals surface area contributed by atoms with Crippen molar-refractivity contribution < 1.29 is 9.18 Å². The first-order chi connectivity index (χ1) is 13.2. The van der Waals surface area contributed by atoms with Crippen LogP contribution in [0.2, 0.25) is 0 Å². The Hall–Kier alpha value is -2.50. The Kier molecular flexibility index (Phi) is 5.32. The molecular weight excluding hydrogens is 359 g/mol. The molecule has 3 aromatic rings. The highest BCUT2D eigenvalue weighted by Crippen LogP contribution is 2.28. The fourth-order valence-electron chi connectivity index (χ4n) is 3.64. The number of hydrogen-bond donors (Lipinski definition) is 1. The summed E-state index contributed by atoms with van der Waals surface area (Å²) in [6.07, 6.45) is 0.998. The minimum Gasteiger partial charge on any atom is -0.350 e. The van der Waals surface area contributed by atoms with E-state index in [0.717, 1.165) is 19.5 Å². The van der Waals surface area contributed by atoms with Gasteiger partial charge in [0.15, 0.2) is 0 Å². The first kappa shape index (κ1) is 17.9. The molecule has 3 nitrogen and oxygen atoms in total. The number of nitrogens with one attached hydrogen (secondary N) is 1. The van der Waals surface area contributed by atoms with E-state index in [4.69, 9.17) is 0 Å². The summed E-state index contributed by atoms with van der Waals surface area (Å²) in [6.45, 7) is 2.24. The lowest BCUT2D eigenvalue weighted by molar-refractivity contribution is 0.0924. The zero-order valence-electron chi connectivity index (χ0n) is 14.9. The van der Waals surface area contributed by atoms with E-state index in [2.05, 4.69) is 51.3 Å². The quantitative estimate of drug-likeness (QED) is 0.711. The van der Waals surface area contributed by atoms with Crippen molar-refractivity contribution in [2.75, 3.05) is 13.1 Å². The van der Waals surface area contributed by atoms with Crippen LogP contribution in [0.15, 0.2) is 65.4 Å². The maximum Gasteiger partial charge on any atom is 0.254 e. The van der Waals surface area contributed by atoms with Crippen LogP contribution in [-0.4, -0.2) is 23.9 Å². The summed E-state index contributed by atoms with van der Waals surface area (Å²) in [4.78, 5) is 14.8. The summed E-state index contributed by atoms with van der Waals surface area (Å²) in [5.41, 5.74) is 4.01. The molecule has 138 valence electrons. The van der Waals surface area contributed by atoms with Gasteiger partial charge in [-0.3, -0.25) is 9.69 Å². The highest BCUT2D eigenvalue weighted by molar-refractivity contribution is 7.07. The van der Waals surface area contributed by atoms with Gasteiger partial charge in [-0.1, -0.05) is 36.4 Å². The zero-order valence-corrected chi connectivity index (χ0v) is 15.7. The smallest absolute Gasteiger partial charge is 0.254 e. The first-order valence-corrected chi connectivity index (χ1v) is 10.0. The molecule has 0 spiro atoms. The van der Waals surface area contributed by atoms with Crippen LogP contribution in [0.3, 0.4) is 0 Å². The summed E-state index contributed by atoms with van der Waals surface area (Å²) >= 11 is 1.65. The van der Waals surface area contributed by atoms with Gasteiger partial charge in [-0.15, -0.1) is 0 Å². The third-order valence-corrected chi connectivity index (χ3v) is 5.80. The van der Waals surface area contributed by atoms with Crippen LogP contribution < -0.4 is 5.32 Å². The van der Waals surface area contributed by atoms with Crippen molar-refractivity contribution in [3.05, 3.63) is 93.4 Å². The third-order valence-electron chi connectivity index (χ3n) is 5.10. The van der Waals surface area contributed by atoms with Crippen LogP contribution in [-0.2, 0) is 13.0 Å². The second kappa shape index (κ2) is 8.03. The molecule has 1 aliphatic rings. The SMILES string of the molecule is O=C(NC[C@@H](c1ccsc1)N1CCc2ccccc2C1)c1ccccc1F. The zero-order chi connectivity index (χ0) is 18.6. The van der Waals surface area contributed by atoms with Gasteiger partial charge in [-0.05, 0) is 52.1 Å². The Morgan fingerprint density at radius 2 is 1.89 bits per heavy atom. The van der Waals surface area contributed by atoms with Gasteiger partial charge in [0.05, 0.1) is 11.6 Å². The lowest BCUT2D eigenvalue weighted by Crippen LogP contribution is -2.40. The van der Waals surface area contributed by atoms with Gasteiger partial charge >= 0.3 is 0 Å². The molecule has 27 heavy (non-hydrogen) atoms. The molecule has 4 rings (SSSR count). The van der Waals surface area contributed by atoms with Crippen LogP contribution in [0.5, 0.6) is 0 Å². The first-order valence-electron chi connectivity index (χ1n) is 9.08. The predicted molar refractivity (Wildman–Crippen MR) is 106 cm³/mol. The van der Waals surface area contributed by atoms with Crippen LogP contribution in [0, 0.1) is 5.82 Å². The average Bonchev–Trinajstić information content (AvgIpc) is 3.23. The Morgan fingerprint density at radius 3 is 2.67 bits per heavy atom. The lowest BCUT2D eigenvalue weighted by atomic mass is 9.97. The van der Waals surface area contributed by atoms with Gasteiger partial charge in [-0.25, -0.2) is 4.39 Å². The number of thiophene rings is 1. The molecule has 0 unspecified atom stereocenters. The highest BCUT2D eigenvalue weighted by Gasteiger charge is 2.26. The van der Waals surface area contributed by atoms with Crippen molar-refractivity contribution in [2.45, 2.75) is 19.0 Å². The number of rotatable bonds is 5. The fourth-order valence-corrected chi connectivity index (χ4v) is 4.34. The average molecular weight is 380 g/mol. The number of fused-ring (bicyclic) bond motifs is 1. The summed E-state index contributed by atoms with van der Waals surface area (Å²) in [6, 6.07) is 16.8. The maximum absolute atomic E-state index is 13.9. The Labute approximate surface area is 162 Å². The van der Waals surface area contributed by atoms with Gasteiger partial charge in [0.1, 0.15) is 5.82 Å². The van der Waals surface area contributed by atoms with Gasteiger partial charge in [0.2, 0.25) is 0 Å². The van der Waals surface area contributed by atoms with Gasteiger partial charge in [0.25, 0.3) is 5.91 Å². The van der Waals surface area contributed by atoms with E-state index in [-0.39, 0.29) is 17.5 Å². The van der Waals surface area contributed by atoms with E-state index in [1.54, 1.807) is 23.5 Å². The minimum absolute atomic E-state index is 0.0697. The minimum atomic E-state index is -0.492. The van der Waals surface area contributed by atoms with Gasteiger partial charge < -0.3 is 5.32 Å². The standard InChI is InChI=1S/C22H21FN2OS/c23-20-8-4-3-7-19(20)22(26)24-13-21(18-10-12-27-15-18)25-11-9-16-5-1-2-6-17(16)14-25/h1-8,10,12,15,21H,9,11,13-14H2,(H,24,26)/t21-/m0/s1. The Bertz CT molecular complexity index is 926. The van der Waals surface area contributed by atoms with E-state index in [1.165, 1.54) is 28.8 Å². The molecule has 1 aromatic heterocycles. The number of carbonyl (C=O) groups excluding carboxylic acids is 1. The molecule has 1 N–H and O–H groups in total. The molecule has 2 heterocycles. The maximum atomic E-state index is 13.9. The topological polar surface area (TPSA) is 32.3 Å². The number of nitrogens with zero attached hydrogens (tertiary/aromatic N) is 1. The predicted octanol–water partition coefficient (Wildman–Crippen LogP) is 4.42.